The lowest BCUT2D eigenvalue weighted by atomic mass is 10.2. The number of nitrogens with one attached hydrogen (secondary N) is 2. The van der Waals surface area contributed by atoms with Crippen molar-refractivity contribution in [2.75, 3.05) is 5.32 Å². The lowest BCUT2D eigenvalue weighted by Gasteiger charge is -2.10. The number of thiocarbonyl (C=S) groups is 1. The smallest absolute Gasteiger partial charge is 0.292 e. The maximum Gasteiger partial charge on any atom is 0.292 e. The number of carbonyl (C=O) groups excluding carboxylic acids is 1. The highest BCUT2D eigenvalue weighted by atomic mass is 79.9. The normalized spacial score (nSPS) is 10.0. The zero-order chi connectivity index (χ0) is 17.0. The average Bonchev–Trinajstić information content (AvgIpc) is 2.48. The summed E-state index contributed by atoms with van der Waals surface area (Å²) < 4.78 is 0.762. The zero-order valence-electron chi connectivity index (χ0n) is 12.0. The molecule has 0 atom stereocenters. The fraction of sp³-hybridized carbons (Fsp3) is 0.0667. The van der Waals surface area contributed by atoms with Crippen molar-refractivity contribution in [2.45, 2.75) is 6.92 Å². The van der Waals surface area contributed by atoms with Gasteiger partial charge >= 0.3 is 0 Å². The predicted octanol–water partition coefficient (Wildman–Crippen LogP) is 3.79. The highest BCUT2D eigenvalue weighted by Gasteiger charge is 2.16. The molecule has 0 aliphatic carbocycles. The van der Waals surface area contributed by atoms with E-state index >= 15 is 0 Å². The maximum atomic E-state index is 12.1. The summed E-state index contributed by atoms with van der Waals surface area (Å²) in [6.07, 6.45) is 0. The summed E-state index contributed by atoms with van der Waals surface area (Å²) in [5.41, 5.74) is 1.29. The Bertz CT molecular complexity index is 795. The Kier molecular flexibility index (Phi) is 5.41. The molecule has 0 heterocycles. The van der Waals surface area contributed by atoms with Crippen LogP contribution in [-0.4, -0.2) is 15.9 Å². The molecule has 0 saturated carbocycles. The lowest BCUT2D eigenvalue weighted by molar-refractivity contribution is -0.383. The van der Waals surface area contributed by atoms with Crippen molar-refractivity contribution in [3.63, 3.8) is 0 Å². The first-order valence-corrected chi connectivity index (χ1v) is 7.70. The highest BCUT2D eigenvalue weighted by Crippen LogP contribution is 2.25. The van der Waals surface area contributed by atoms with Crippen LogP contribution in [0, 0.1) is 17.0 Å². The fourth-order valence-corrected chi connectivity index (χ4v) is 2.46. The number of amides is 1. The highest BCUT2D eigenvalue weighted by molar-refractivity contribution is 9.10. The van der Waals surface area contributed by atoms with Crippen LogP contribution in [0.15, 0.2) is 46.9 Å². The summed E-state index contributed by atoms with van der Waals surface area (Å²) in [6.45, 7) is 1.75. The van der Waals surface area contributed by atoms with E-state index in [0.717, 1.165) is 10.0 Å². The second-order valence-corrected chi connectivity index (χ2v) is 6.02. The maximum absolute atomic E-state index is 12.1. The van der Waals surface area contributed by atoms with Crippen LogP contribution >= 0.6 is 28.1 Å². The van der Waals surface area contributed by atoms with Crippen molar-refractivity contribution in [1.82, 2.24) is 5.32 Å². The standard InChI is InChI=1S/C15H12BrN3O3S/c1-9-5-6-12(13(7-9)19(21)22)17-15(23)18-14(20)10-3-2-4-11(16)8-10/h2-8H,1H3,(H2,17,18,20,23). The van der Waals surface area contributed by atoms with E-state index in [0.29, 0.717) is 5.56 Å². The zero-order valence-corrected chi connectivity index (χ0v) is 14.4. The van der Waals surface area contributed by atoms with Crippen LogP contribution in [-0.2, 0) is 0 Å². The number of aryl methyl sites for hydroxylation is 1. The minimum atomic E-state index is -0.506. The van der Waals surface area contributed by atoms with Crippen molar-refractivity contribution < 1.29 is 9.72 Å². The molecule has 23 heavy (non-hydrogen) atoms. The van der Waals surface area contributed by atoms with Gasteiger partial charge in [0.15, 0.2) is 5.11 Å². The lowest BCUT2D eigenvalue weighted by Crippen LogP contribution is -2.34. The molecular formula is C15H12BrN3O3S. The quantitative estimate of drug-likeness (QED) is 0.470. The number of hydrogen-bond donors (Lipinski definition) is 2. The van der Waals surface area contributed by atoms with Crippen molar-refractivity contribution >= 4 is 50.5 Å². The molecule has 118 valence electrons. The number of hydrogen-bond acceptors (Lipinski definition) is 4. The molecule has 0 fully saturated rings. The van der Waals surface area contributed by atoms with Gasteiger partial charge in [-0.1, -0.05) is 28.1 Å². The molecule has 0 saturated heterocycles. The van der Waals surface area contributed by atoms with E-state index in [1.54, 1.807) is 43.3 Å². The van der Waals surface area contributed by atoms with Crippen molar-refractivity contribution in [3.8, 4) is 0 Å². The van der Waals surface area contributed by atoms with Gasteiger partial charge in [-0.25, -0.2) is 0 Å². The molecule has 0 aliphatic heterocycles. The first kappa shape index (κ1) is 17.0. The Morgan fingerprint density at radius 2 is 2.00 bits per heavy atom. The Morgan fingerprint density at radius 1 is 1.26 bits per heavy atom. The molecule has 1 amide bonds. The van der Waals surface area contributed by atoms with Crippen LogP contribution < -0.4 is 10.6 Å². The second-order valence-electron chi connectivity index (χ2n) is 4.70. The van der Waals surface area contributed by atoms with E-state index in [2.05, 4.69) is 26.6 Å². The number of benzene rings is 2. The molecule has 0 aliphatic rings. The average molecular weight is 394 g/mol. The molecule has 0 spiro atoms. The number of halogens is 1. The third-order valence-corrected chi connectivity index (χ3v) is 3.61. The summed E-state index contributed by atoms with van der Waals surface area (Å²) in [5.74, 6) is -0.404. The number of anilines is 1. The first-order valence-electron chi connectivity index (χ1n) is 6.50. The number of rotatable bonds is 3. The first-order chi connectivity index (χ1) is 10.9. The van der Waals surface area contributed by atoms with Crippen LogP contribution in [0.5, 0.6) is 0 Å². The topological polar surface area (TPSA) is 84.3 Å². The summed E-state index contributed by atoms with van der Waals surface area (Å²) in [5, 5.41) is 16.2. The molecule has 2 rings (SSSR count). The van der Waals surface area contributed by atoms with Gasteiger partial charge in [-0.15, -0.1) is 0 Å². The largest absolute Gasteiger partial charge is 0.327 e. The van der Waals surface area contributed by atoms with Gasteiger partial charge in [0.2, 0.25) is 0 Å². The van der Waals surface area contributed by atoms with Gasteiger partial charge in [0.25, 0.3) is 11.6 Å². The summed E-state index contributed by atoms with van der Waals surface area (Å²) in [4.78, 5) is 22.6. The van der Waals surface area contributed by atoms with Crippen LogP contribution in [0.2, 0.25) is 0 Å². The van der Waals surface area contributed by atoms with Gasteiger partial charge in [-0.05, 0) is 49.0 Å². The van der Waals surface area contributed by atoms with E-state index in [9.17, 15) is 14.9 Å². The summed E-state index contributed by atoms with van der Waals surface area (Å²) in [7, 11) is 0. The van der Waals surface area contributed by atoms with Crippen molar-refractivity contribution in [3.05, 3.63) is 68.2 Å². The molecule has 2 N–H and O–H groups in total. The van der Waals surface area contributed by atoms with Crippen molar-refractivity contribution in [2.24, 2.45) is 0 Å². The second kappa shape index (κ2) is 7.30. The Balaban J connectivity index is 2.11. The third-order valence-electron chi connectivity index (χ3n) is 2.91. The molecule has 0 bridgehead atoms. The minimum Gasteiger partial charge on any atom is -0.327 e. The number of nitro benzene ring substituents is 1. The Hall–Kier alpha value is -2.32. The van der Waals surface area contributed by atoms with E-state index < -0.39 is 10.8 Å². The third kappa shape index (κ3) is 4.57. The Labute approximate surface area is 146 Å². The summed E-state index contributed by atoms with van der Waals surface area (Å²) >= 11 is 8.33. The molecule has 0 aromatic heterocycles. The Morgan fingerprint density at radius 3 is 2.65 bits per heavy atom. The molecule has 2 aromatic rings. The van der Waals surface area contributed by atoms with E-state index in [4.69, 9.17) is 12.2 Å². The van der Waals surface area contributed by atoms with Gasteiger partial charge in [0, 0.05) is 16.1 Å². The van der Waals surface area contributed by atoms with Gasteiger partial charge in [-0.2, -0.15) is 0 Å². The monoisotopic (exact) mass is 393 g/mol. The minimum absolute atomic E-state index is 0.0121. The predicted molar refractivity (Wildman–Crippen MR) is 95.7 cm³/mol. The van der Waals surface area contributed by atoms with Crippen LogP contribution in [0.1, 0.15) is 15.9 Å². The van der Waals surface area contributed by atoms with E-state index in [1.807, 2.05) is 0 Å². The van der Waals surface area contributed by atoms with Crippen LogP contribution in [0.25, 0.3) is 0 Å². The van der Waals surface area contributed by atoms with Gasteiger partial charge in [0.1, 0.15) is 5.69 Å². The molecule has 0 unspecified atom stereocenters. The molecule has 6 nitrogen and oxygen atoms in total. The van der Waals surface area contributed by atoms with Crippen LogP contribution in [0.3, 0.4) is 0 Å². The molecule has 0 radical (unpaired) electrons. The number of carbonyl (C=O) groups is 1. The SMILES string of the molecule is Cc1ccc(NC(=S)NC(=O)c2cccc(Br)c2)c([N+](=O)[O-])c1. The number of nitro groups is 1. The fourth-order valence-electron chi connectivity index (χ4n) is 1.86. The van der Waals surface area contributed by atoms with Crippen LogP contribution in [0.4, 0.5) is 11.4 Å². The van der Waals surface area contributed by atoms with Crippen molar-refractivity contribution in [1.29, 1.82) is 0 Å². The van der Waals surface area contributed by atoms with Gasteiger partial charge in [0.05, 0.1) is 4.92 Å². The molecular weight excluding hydrogens is 382 g/mol. The van der Waals surface area contributed by atoms with Gasteiger partial charge < -0.3 is 5.32 Å². The number of nitrogens with zero attached hydrogens (tertiary/aromatic N) is 1. The van der Waals surface area contributed by atoms with E-state index in [1.165, 1.54) is 6.07 Å². The molecule has 8 heteroatoms. The molecule has 2 aromatic carbocycles. The van der Waals surface area contributed by atoms with E-state index in [-0.39, 0.29) is 16.5 Å². The van der Waals surface area contributed by atoms with Gasteiger partial charge in [-0.3, -0.25) is 20.2 Å². The summed E-state index contributed by atoms with van der Waals surface area (Å²) in [6, 6.07) is 11.5.